The Morgan fingerprint density at radius 2 is 1.93 bits per heavy atom. The number of hydrogen-bond acceptors (Lipinski definition) is 3. The van der Waals surface area contributed by atoms with E-state index in [4.69, 9.17) is 0 Å². The van der Waals surface area contributed by atoms with Crippen molar-refractivity contribution in [3.63, 3.8) is 0 Å². The van der Waals surface area contributed by atoms with Gasteiger partial charge in [-0.15, -0.1) is 0 Å². The van der Waals surface area contributed by atoms with Crippen molar-refractivity contribution in [3.8, 4) is 0 Å². The van der Waals surface area contributed by atoms with Crippen LogP contribution in [0.3, 0.4) is 0 Å². The van der Waals surface area contributed by atoms with E-state index in [9.17, 15) is 13.6 Å². The van der Waals surface area contributed by atoms with Gasteiger partial charge in [0.2, 0.25) is 5.91 Å². The number of imidazole rings is 1. The summed E-state index contributed by atoms with van der Waals surface area (Å²) in [6.07, 6.45) is 1.37. The average Bonchev–Trinajstić information content (AvgIpc) is 3.24. The number of para-hydroxylation sites is 2. The van der Waals surface area contributed by atoms with Crippen LogP contribution in [0.25, 0.3) is 11.0 Å². The van der Waals surface area contributed by atoms with Crippen molar-refractivity contribution in [2.24, 2.45) is 0 Å². The summed E-state index contributed by atoms with van der Waals surface area (Å²) >= 11 is 0. The number of aromatic nitrogens is 2. The second kappa shape index (κ2) is 7.08. The topological polar surface area (TPSA) is 59.0 Å². The van der Waals surface area contributed by atoms with E-state index in [2.05, 4.69) is 20.2 Å². The van der Waals surface area contributed by atoms with Crippen molar-refractivity contribution in [1.29, 1.82) is 0 Å². The number of rotatable bonds is 5. The first-order valence-corrected chi connectivity index (χ1v) is 8.87. The summed E-state index contributed by atoms with van der Waals surface area (Å²) in [5.74, 6) is -3.19. The molecule has 0 aliphatic carbocycles. The fraction of sp³-hybridized carbons (Fsp3) is 0.300. The number of halogens is 2. The molecule has 1 unspecified atom stereocenters. The number of nitrogens with zero attached hydrogens (tertiary/aromatic N) is 2. The molecule has 0 radical (unpaired) electrons. The lowest BCUT2D eigenvalue weighted by Gasteiger charge is -2.12. The second-order valence-corrected chi connectivity index (χ2v) is 6.89. The van der Waals surface area contributed by atoms with Gasteiger partial charge in [-0.25, -0.2) is 13.8 Å². The Kier molecular flexibility index (Phi) is 4.61. The fourth-order valence-electron chi connectivity index (χ4n) is 3.31. The van der Waals surface area contributed by atoms with Crippen LogP contribution in [0.2, 0.25) is 0 Å². The minimum absolute atomic E-state index is 0.316. The largest absolute Gasteiger partial charge is 0.351 e. The molecule has 5 nitrogen and oxygen atoms in total. The standard InChI is InChI=1S/C20H20F2N4O/c21-20(22)9-17(24-12-20)19(27)23-10-14-5-7-15(8-6-14)11-26-13-25-16-3-1-2-4-18(16)26/h1-8,13,17,24H,9-12H2,(H,23,27). The molecule has 4 rings (SSSR count). The smallest absolute Gasteiger partial charge is 0.262 e. The SMILES string of the molecule is O=C(NCc1ccc(Cn2cnc3ccccc32)cc1)C1CC(F)(F)CN1. The maximum Gasteiger partial charge on any atom is 0.262 e. The van der Waals surface area contributed by atoms with Crippen LogP contribution in [-0.2, 0) is 17.9 Å². The van der Waals surface area contributed by atoms with Crippen molar-refractivity contribution in [3.05, 3.63) is 66.0 Å². The highest BCUT2D eigenvalue weighted by molar-refractivity contribution is 5.82. The van der Waals surface area contributed by atoms with Gasteiger partial charge in [-0.3, -0.25) is 10.1 Å². The molecule has 27 heavy (non-hydrogen) atoms. The summed E-state index contributed by atoms with van der Waals surface area (Å²) in [5.41, 5.74) is 4.08. The third-order valence-electron chi connectivity index (χ3n) is 4.80. The maximum absolute atomic E-state index is 13.2. The molecule has 1 atom stereocenters. The Bertz CT molecular complexity index is 952. The van der Waals surface area contributed by atoms with E-state index in [0.717, 1.165) is 22.2 Å². The van der Waals surface area contributed by atoms with Crippen molar-refractivity contribution < 1.29 is 13.6 Å². The molecule has 0 bridgehead atoms. The van der Waals surface area contributed by atoms with Gasteiger partial charge in [-0.05, 0) is 23.3 Å². The van der Waals surface area contributed by atoms with Crippen LogP contribution in [0.5, 0.6) is 0 Å². The van der Waals surface area contributed by atoms with Crippen LogP contribution in [0.15, 0.2) is 54.9 Å². The minimum Gasteiger partial charge on any atom is -0.351 e. The monoisotopic (exact) mass is 370 g/mol. The molecule has 2 N–H and O–H groups in total. The predicted octanol–water partition coefficient (Wildman–Crippen LogP) is 2.70. The minimum atomic E-state index is -2.80. The normalized spacial score (nSPS) is 18.7. The van der Waals surface area contributed by atoms with Crippen LogP contribution in [0.4, 0.5) is 8.78 Å². The zero-order valence-corrected chi connectivity index (χ0v) is 14.7. The molecule has 1 amide bonds. The zero-order valence-electron chi connectivity index (χ0n) is 14.7. The number of nitrogens with one attached hydrogen (secondary N) is 2. The molecule has 2 aromatic carbocycles. The van der Waals surface area contributed by atoms with Crippen molar-refractivity contribution >= 4 is 16.9 Å². The van der Waals surface area contributed by atoms with Crippen molar-refractivity contribution in [2.75, 3.05) is 6.54 Å². The number of fused-ring (bicyclic) bond motifs is 1. The molecular formula is C20H20F2N4O. The van der Waals surface area contributed by atoms with Gasteiger partial charge in [0.25, 0.3) is 5.92 Å². The number of carbonyl (C=O) groups is 1. The second-order valence-electron chi connectivity index (χ2n) is 6.89. The molecule has 3 aromatic rings. The van der Waals surface area contributed by atoms with Gasteiger partial charge in [0.05, 0.1) is 29.9 Å². The van der Waals surface area contributed by atoms with Gasteiger partial charge in [0.1, 0.15) is 0 Å². The van der Waals surface area contributed by atoms with E-state index in [1.54, 1.807) is 0 Å². The van der Waals surface area contributed by atoms with Crippen LogP contribution in [0, 0.1) is 0 Å². The summed E-state index contributed by atoms with van der Waals surface area (Å²) in [6.45, 7) is 0.577. The zero-order chi connectivity index (χ0) is 18.9. The molecule has 0 saturated carbocycles. The molecule has 1 aromatic heterocycles. The molecule has 0 spiro atoms. The van der Waals surface area contributed by atoms with Crippen LogP contribution in [-0.4, -0.2) is 34.0 Å². The molecular weight excluding hydrogens is 350 g/mol. The van der Waals surface area contributed by atoms with E-state index in [1.165, 1.54) is 0 Å². The van der Waals surface area contributed by atoms with Gasteiger partial charge in [0.15, 0.2) is 0 Å². The highest BCUT2D eigenvalue weighted by Crippen LogP contribution is 2.25. The molecule has 1 fully saturated rings. The number of alkyl halides is 2. The van der Waals surface area contributed by atoms with Gasteiger partial charge in [0, 0.05) is 19.5 Å². The number of hydrogen-bond donors (Lipinski definition) is 2. The summed E-state index contributed by atoms with van der Waals surface area (Å²) in [5, 5.41) is 5.28. The van der Waals surface area contributed by atoms with Crippen LogP contribution >= 0.6 is 0 Å². The van der Waals surface area contributed by atoms with Crippen LogP contribution in [0.1, 0.15) is 17.5 Å². The van der Waals surface area contributed by atoms with E-state index in [1.807, 2.05) is 54.9 Å². The third-order valence-corrected chi connectivity index (χ3v) is 4.80. The lowest BCUT2D eigenvalue weighted by atomic mass is 10.1. The van der Waals surface area contributed by atoms with E-state index in [-0.39, 0.29) is 5.91 Å². The average molecular weight is 370 g/mol. The maximum atomic E-state index is 13.2. The highest BCUT2D eigenvalue weighted by atomic mass is 19.3. The van der Waals surface area contributed by atoms with Gasteiger partial charge in [-0.2, -0.15) is 0 Å². The van der Waals surface area contributed by atoms with Gasteiger partial charge >= 0.3 is 0 Å². The molecule has 2 heterocycles. The first-order valence-electron chi connectivity index (χ1n) is 8.87. The Balaban J connectivity index is 1.34. The summed E-state index contributed by atoms with van der Waals surface area (Å²) < 4.78 is 28.4. The van der Waals surface area contributed by atoms with Gasteiger partial charge < -0.3 is 9.88 Å². The lowest BCUT2D eigenvalue weighted by Crippen LogP contribution is -2.40. The Morgan fingerprint density at radius 1 is 1.19 bits per heavy atom. The van der Waals surface area contributed by atoms with Crippen LogP contribution < -0.4 is 10.6 Å². The summed E-state index contributed by atoms with van der Waals surface area (Å²) in [7, 11) is 0. The first-order chi connectivity index (χ1) is 13.0. The molecule has 1 saturated heterocycles. The Morgan fingerprint density at radius 3 is 2.67 bits per heavy atom. The first kappa shape index (κ1) is 17.6. The Labute approximate surface area is 155 Å². The molecule has 1 aliphatic heterocycles. The summed E-state index contributed by atoms with van der Waals surface area (Å²) in [4.78, 5) is 16.4. The van der Waals surface area contributed by atoms with Crippen molar-refractivity contribution in [2.45, 2.75) is 31.5 Å². The van der Waals surface area contributed by atoms with E-state index < -0.39 is 24.9 Å². The number of carbonyl (C=O) groups excluding carboxylic acids is 1. The fourth-order valence-corrected chi connectivity index (χ4v) is 3.31. The van der Waals surface area contributed by atoms with Crippen molar-refractivity contribution in [1.82, 2.24) is 20.2 Å². The highest BCUT2D eigenvalue weighted by Gasteiger charge is 2.42. The quantitative estimate of drug-likeness (QED) is 0.726. The van der Waals surface area contributed by atoms with Gasteiger partial charge in [-0.1, -0.05) is 36.4 Å². The molecule has 1 aliphatic rings. The lowest BCUT2D eigenvalue weighted by molar-refractivity contribution is -0.123. The van der Waals surface area contributed by atoms with E-state index >= 15 is 0 Å². The van der Waals surface area contributed by atoms with E-state index in [0.29, 0.717) is 13.1 Å². The number of benzene rings is 2. The Hall–Kier alpha value is -2.80. The molecule has 7 heteroatoms. The molecule has 140 valence electrons. The third kappa shape index (κ3) is 3.98. The summed E-state index contributed by atoms with van der Waals surface area (Å²) in [6, 6.07) is 15.0. The predicted molar refractivity (Wildman–Crippen MR) is 98.5 cm³/mol. The number of amides is 1.